The molecule has 0 unspecified atom stereocenters. The lowest BCUT2D eigenvalue weighted by Crippen LogP contribution is -2.38. The van der Waals surface area contributed by atoms with Crippen LogP contribution in [0.25, 0.3) is 0 Å². The molecule has 2 rings (SSSR count). The Balaban J connectivity index is 1.93. The second-order valence-electron chi connectivity index (χ2n) is 5.58. The van der Waals surface area contributed by atoms with Crippen molar-refractivity contribution in [1.29, 1.82) is 0 Å². The summed E-state index contributed by atoms with van der Waals surface area (Å²) < 4.78 is 0. The van der Waals surface area contributed by atoms with E-state index < -0.39 is 17.9 Å². The van der Waals surface area contributed by atoms with Gasteiger partial charge < -0.3 is 15.7 Å². The molecule has 1 aromatic rings. The zero-order chi connectivity index (χ0) is 16.8. The number of aliphatic carboxylic acids is 1. The lowest BCUT2D eigenvalue weighted by atomic mass is 9.93. The summed E-state index contributed by atoms with van der Waals surface area (Å²) in [4.78, 5) is 34.7. The maximum atomic E-state index is 12.1. The van der Waals surface area contributed by atoms with Gasteiger partial charge in [-0.1, -0.05) is 12.2 Å². The molecule has 1 aliphatic rings. The van der Waals surface area contributed by atoms with Gasteiger partial charge in [0.1, 0.15) is 6.04 Å². The second-order valence-corrected chi connectivity index (χ2v) is 5.58. The smallest absolute Gasteiger partial charge is 0.325 e. The van der Waals surface area contributed by atoms with Crippen LogP contribution in [0, 0.1) is 5.92 Å². The van der Waals surface area contributed by atoms with E-state index in [0.29, 0.717) is 11.3 Å². The summed E-state index contributed by atoms with van der Waals surface area (Å²) in [5.41, 5.74) is 0.962. The second kappa shape index (κ2) is 7.58. The van der Waals surface area contributed by atoms with E-state index in [1.54, 1.807) is 24.3 Å². The van der Waals surface area contributed by atoms with Crippen molar-refractivity contribution in [1.82, 2.24) is 5.32 Å². The first-order valence-electron chi connectivity index (χ1n) is 7.57. The minimum atomic E-state index is -1.09. The number of rotatable bonds is 5. The number of benzene rings is 1. The molecule has 0 bridgehead atoms. The van der Waals surface area contributed by atoms with Gasteiger partial charge in [-0.25, -0.2) is 0 Å². The quantitative estimate of drug-likeness (QED) is 0.726. The van der Waals surface area contributed by atoms with Crippen molar-refractivity contribution in [3.8, 4) is 0 Å². The number of carbonyl (C=O) groups excluding carboxylic acids is 2. The zero-order valence-electron chi connectivity index (χ0n) is 12.9. The van der Waals surface area contributed by atoms with Crippen molar-refractivity contribution in [3.05, 3.63) is 42.0 Å². The first-order valence-corrected chi connectivity index (χ1v) is 7.57. The fourth-order valence-electron chi connectivity index (χ4n) is 2.32. The minimum absolute atomic E-state index is 0.0145. The molecule has 0 saturated carbocycles. The van der Waals surface area contributed by atoms with E-state index in [1.807, 2.05) is 6.08 Å². The molecule has 0 saturated heterocycles. The summed E-state index contributed by atoms with van der Waals surface area (Å²) >= 11 is 0. The van der Waals surface area contributed by atoms with Crippen molar-refractivity contribution in [2.24, 2.45) is 5.92 Å². The summed E-state index contributed by atoms with van der Waals surface area (Å²) in [7, 11) is 0. The van der Waals surface area contributed by atoms with Crippen LogP contribution in [0.5, 0.6) is 0 Å². The van der Waals surface area contributed by atoms with Crippen LogP contribution in [0.15, 0.2) is 36.4 Å². The highest BCUT2D eigenvalue weighted by Crippen LogP contribution is 2.20. The zero-order valence-corrected chi connectivity index (χ0v) is 12.9. The molecular formula is C17H20N2O4. The summed E-state index contributed by atoms with van der Waals surface area (Å²) in [5.74, 6) is -1.59. The van der Waals surface area contributed by atoms with Crippen LogP contribution in [0.1, 0.15) is 36.5 Å². The number of anilines is 1. The van der Waals surface area contributed by atoms with Gasteiger partial charge in [0.25, 0.3) is 5.91 Å². The standard InChI is InChI=1S/C17H20N2O4/c1-11(17(22)23)18-15(20)13-7-9-14(10-8-13)19-16(21)12-5-3-2-4-6-12/h2-3,7-12H,4-6H2,1H3,(H,18,20)(H,19,21)(H,22,23)/t11-,12-/m1/s1. The Morgan fingerprint density at radius 2 is 1.87 bits per heavy atom. The largest absolute Gasteiger partial charge is 0.480 e. The summed E-state index contributed by atoms with van der Waals surface area (Å²) in [6.07, 6.45) is 6.61. The molecule has 0 heterocycles. The van der Waals surface area contributed by atoms with Crippen molar-refractivity contribution < 1.29 is 19.5 Å². The fourth-order valence-corrected chi connectivity index (χ4v) is 2.32. The Hall–Kier alpha value is -2.63. The van der Waals surface area contributed by atoms with Gasteiger partial charge in [0.2, 0.25) is 5.91 Å². The normalized spacial score (nSPS) is 18.0. The molecule has 0 aliphatic heterocycles. The fraction of sp³-hybridized carbons (Fsp3) is 0.353. The minimum Gasteiger partial charge on any atom is -0.480 e. The first-order chi connectivity index (χ1) is 11.0. The van der Waals surface area contributed by atoms with E-state index in [0.717, 1.165) is 19.3 Å². The molecule has 0 spiro atoms. The van der Waals surface area contributed by atoms with Gasteiger partial charge in [0.05, 0.1) is 0 Å². The third-order valence-electron chi connectivity index (χ3n) is 3.77. The Bertz CT molecular complexity index is 622. The molecule has 2 atom stereocenters. The molecule has 23 heavy (non-hydrogen) atoms. The number of nitrogens with one attached hydrogen (secondary N) is 2. The molecule has 122 valence electrons. The Kier molecular flexibility index (Phi) is 5.51. The van der Waals surface area contributed by atoms with Crippen LogP contribution >= 0.6 is 0 Å². The van der Waals surface area contributed by atoms with Crippen LogP contribution in [0.2, 0.25) is 0 Å². The highest BCUT2D eigenvalue weighted by Gasteiger charge is 2.19. The summed E-state index contributed by atoms with van der Waals surface area (Å²) in [6.45, 7) is 1.40. The number of carboxylic acids is 1. The Labute approximate surface area is 134 Å². The highest BCUT2D eigenvalue weighted by molar-refractivity contribution is 5.97. The Morgan fingerprint density at radius 3 is 2.43 bits per heavy atom. The van der Waals surface area contributed by atoms with Gasteiger partial charge in [0.15, 0.2) is 0 Å². The number of hydrogen-bond acceptors (Lipinski definition) is 3. The average molecular weight is 316 g/mol. The van der Waals surface area contributed by atoms with E-state index in [1.165, 1.54) is 6.92 Å². The van der Waals surface area contributed by atoms with Crippen molar-refractivity contribution in [2.75, 3.05) is 5.32 Å². The molecule has 0 aromatic heterocycles. The maximum Gasteiger partial charge on any atom is 0.325 e. The predicted molar refractivity (Wildman–Crippen MR) is 86.1 cm³/mol. The monoisotopic (exact) mass is 316 g/mol. The molecular weight excluding hydrogens is 296 g/mol. The SMILES string of the molecule is C[C@@H](NC(=O)c1ccc(NC(=O)[C@@H]2CC=CCC2)cc1)C(=O)O. The number of hydrogen-bond donors (Lipinski definition) is 3. The number of allylic oxidation sites excluding steroid dienone is 2. The van der Waals surface area contributed by atoms with E-state index in [9.17, 15) is 14.4 Å². The van der Waals surface area contributed by atoms with Crippen LogP contribution < -0.4 is 10.6 Å². The van der Waals surface area contributed by atoms with Gasteiger partial charge >= 0.3 is 5.97 Å². The third kappa shape index (κ3) is 4.67. The summed E-state index contributed by atoms with van der Waals surface area (Å²) in [5, 5.41) is 14.0. The van der Waals surface area contributed by atoms with Gasteiger partial charge in [-0.3, -0.25) is 14.4 Å². The predicted octanol–water partition coefficient (Wildman–Crippen LogP) is 2.18. The number of carboxylic acid groups (broad SMARTS) is 1. The first kappa shape index (κ1) is 16.7. The third-order valence-corrected chi connectivity index (χ3v) is 3.77. The highest BCUT2D eigenvalue weighted by atomic mass is 16.4. The maximum absolute atomic E-state index is 12.1. The Morgan fingerprint density at radius 1 is 1.17 bits per heavy atom. The van der Waals surface area contributed by atoms with Gasteiger partial charge in [0, 0.05) is 17.2 Å². The lowest BCUT2D eigenvalue weighted by Gasteiger charge is -2.17. The van der Waals surface area contributed by atoms with Crippen LogP contribution in [0.4, 0.5) is 5.69 Å². The lowest BCUT2D eigenvalue weighted by molar-refractivity contribution is -0.138. The van der Waals surface area contributed by atoms with Crippen LogP contribution in [-0.4, -0.2) is 28.9 Å². The van der Waals surface area contributed by atoms with Crippen molar-refractivity contribution in [2.45, 2.75) is 32.2 Å². The molecule has 0 fully saturated rings. The van der Waals surface area contributed by atoms with Crippen molar-refractivity contribution in [3.63, 3.8) is 0 Å². The topological polar surface area (TPSA) is 95.5 Å². The van der Waals surface area contributed by atoms with Gasteiger partial charge in [-0.05, 0) is 50.5 Å². The molecule has 6 heteroatoms. The van der Waals surface area contributed by atoms with Crippen LogP contribution in [-0.2, 0) is 9.59 Å². The number of carbonyl (C=O) groups is 3. The van der Waals surface area contributed by atoms with E-state index in [2.05, 4.69) is 16.7 Å². The molecule has 6 nitrogen and oxygen atoms in total. The molecule has 0 radical (unpaired) electrons. The number of amides is 2. The molecule has 1 aliphatic carbocycles. The van der Waals surface area contributed by atoms with E-state index in [-0.39, 0.29) is 11.8 Å². The van der Waals surface area contributed by atoms with Crippen LogP contribution in [0.3, 0.4) is 0 Å². The van der Waals surface area contributed by atoms with Gasteiger partial charge in [-0.2, -0.15) is 0 Å². The van der Waals surface area contributed by atoms with Gasteiger partial charge in [-0.15, -0.1) is 0 Å². The molecule has 1 aromatic carbocycles. The van der Waals surface area contributed by atoms with E-state index in [4.69, 9.17) is 5.11 Å². The average Bonchev–Trinajstić information content (AvgIpc) is 2.56. The summed E-state index contributed by atoms with van der Waals surface area (Å²) in [6, 6.07) is 5.43. The molecule has 3 N–H and O–H groups in total. The van der Waals surface area contributed by atoms with E-state index >= 15 is 0 Å². The van der Waals surface area contributed by atoms with Crippen molar-refractivity contribution >= 4 is 23.5 Å². The molecule has 2 amide bonds.